The average Bonchev–Trinajstić information content (AvgIpc) is 2.29. The molecule has 17 heavy (non-hydrogen) atoms. The second-order valence-electron chi connectivity index (χ2n) is 3.52. The van der Waals surface area contributed by atoms with Crippen molar-refractivity contribution in [3.05, 3.63) is 34.2 Å². The van der Waals surface area contributed by atoms with E-state index >= 15 is 0 Å². The Balaban J connectivity index is 2.41. The number of hydrogen-bond acceptors (Lipinski definition) is 3. The molecule has 5 nitrogen and oxygen atoms in total. The van der Waals surface area contributed by atoms with Gasteiger partial charge in [0.1, 0.15) is 5.56 Å². The molecule has 1 atom stereocenters. The summed E-state index contributed by atoms with van der Waals surface area (Å²) in [6.45, 7) is 0.841. The van der Waals surface area contributed by atoms with E-state index in [4.69, 9.17) is 16.3 Å². The number of carbonyl (C=O) groups excluding carboxylic acids is 1. The molecule has 1 aromatic rings. The molecule has 0 aliphatic carbocycles. The molecule has 6 heteroatoms. The van der Waals surface area contributed by atoms with Crippen molar-refractivity contribution < 1.29 is 9.53 Å². The van der Waals surface area contributed by atoms with Crippen LogP contribution in [0.5, 0.6) is 0 Å². The zero-order valence-electron chi connectivity index (χ0n) is 9.53. The van der Waals surface area contributed by atoms with Crippen LogP contribution in [-0.4, -0.2) is 36.5 Å². The van der Waals surface area contributed by atoms with E-state index in [0.717, 1.165) is 0 Å². The normalized spacial score (nSPS) is 12.1. The Morgan fingerprint density at radius 1 is 1.65 bits per heavy atom. The third-order valence-electron chi connectivity index (χ3n) is 2.16. The Hall–Kier alpha value is -1.33. The molecule has 1 aromatic heterocycles. The first kappa shape index (κ1) is 13.7. The SMILES string of the molecule is COCC(Cl)CCNC(=O)c1c[nH]ccc1=O. The van der Waals surface area contributed by atoms with Crippen molar-refractivity contribution in [2.75, 3.05) is 20.3 Å². The van der Waals surface area contributed by atoms with Gasteiger partial charge in [-0.3, -0.25) is 9.59 Å². The van der Waals surface area contributed by atoms with Gasteiger partial charge in [-0.15, -0.1) is 11.6 Å². The number of methoxy groups -OCH3 is 1. The lowest BCUT2D eigenvalue weighted by atomic mass is 10.2. The number of hydrogen-bond donors (Lipinski definition) is 2. The highest BCUT2D eigenvalue weighted by Gasteiger charge is 2.10. The zero-order chi connectivity index (χ0) is 12.7. The van der Waals surface area contributed by atoms with Crippen molar-refractivity contribution in [2.45, 2.75) is 11.8 Å². The lowest BCUT2D eigenvalue weighted by Crippen LogP contribution is -2.30. The highest BCUT2D eigenvalue weighted by molar-refractivity contribution is 6.20. The summed E-state index contributed by atoms with van der Waals surface area (Å²) >= 11 is 5.90. The summed E-state index contributed by atoms with van der Waals surface area (Å²) in [5.41, 5.74) is -0.203. The molecular weight excluding hydrogens is 244 g/mol. The van der Waals surface area contributed by atoms with E-state index in [9.17, 15) is 9.59 Å². The summed E-state index contributed by atoms with van der Waals surface area (Å²) in [4.78, 5) is 25.6. The molecule has 0 fully saturated rings. The molecule has 0 aliphatic heterocycles. The highest BCUT2D eigenvalue weighted by Crippen LogP contribution is 2.00. The molecule has 0 aliphatic rings. The number of H-pyrrole nitrogens is 1. The predicted octanol–water partition coefficient (Wildman–Crippen LogP) is 0.749. The Morgan fingerprint density at radius 3 is 3.06 bits per heavy atom. The fourth-order valence-electron chi connectivity index (χ4n) is 1.30. The van der Waals surface area contributed by atoms with Crippen LogP contribution in [0.25, 0.3) is 0 Å². The Bertz CT molecular complexity index is 419. The van der Waals surface area contributed by atoms with Crippen molar-refractivity contribution in [1.82, 2.24) is 10.3 Å². The van der Waals surface area contributed by atoms with Gasteiger partial charge in [0.2, 0.25) is 0 Å². The van der Waals surface area contributed by atoms with Gasteiger partial charge in [-0.25, -0.2) is 0 Å². The number of rotatable bonds is 6. The van der Waals surface area contributed by atoms with Gasteiger partial charge in [-0.1, -0.05) is 0 Å². The van der Waals surface area contributed by atoms with Crippen molar-refractivity contribution in [1.29, 1.82) is 0 Å². The number of ether oxygens (including phenoxy) is 1. The summed E-state index contributed by atoms with van der Waals surface area (Å²) < 4.78 is 4.87. The number of halogens is 1. The van der Waals surface area contributed by atoms with Crippen LogP contribution < -0.4 is 10.7 Å². The van der Waals surface area contributed by atoms with Gasteiger partial charge >= 0.3 is 0 Å². The summed E-state index contributed by atoms with van der Waals surface area (Å²) in [6.07, 6.45) is 3.45. The van der Waals surface area contributed by atoms with Crippen molar-refractivity contribution in [3.8, 4) is 0 Å². The number of aromatic nitrogens is 1. The van der Waals surface area contributed by atoms with Crippen molar-refractivity contribution in [3.63, 3.8) is 0 Å². The third kappa shape index (κ3) is 4.58. The number of amides is 1. The smallest absolute Gasteiger partial charge is 0.256 e. The van der Waals surface area contributed by atoms with E-state index in [0.29, 0.717) is 19.6 Å². The zero-order valence-corrected chi connectivity index (χ0v) is 10.3. The molecule has 94 valence electrons. The number of alkyl halides is 1. The van der Waals surface area contributed by atoms with Crippen LogP contribution in [0, 0.1) is 0 Å². The van der Waals surface area contributed by atoms with Crippen LogP contribution in [0.3, 0.4) is 0 Å². The average molecular weight is 259 g/mol. The molecule has 0 aromatic carbocycles. The minimum Gasteiger partial charge on any atom is -0.383 e. The molecule has 0 spiro atoms. The summed E-state index contributed by atoms with van der Waals surface area (Å²) in [5, 5.41) is 2.49. The number of aromatic amines is 1. The topological polar surface area (TPSA) is 71.2 Å². The molecule has 0 radical (unpaired) electrons. The first-order valence-electron chi connectivity index (χ1n) is 5.23. The molecule has 1 rings (SSSR count). The second-order valence-corrected chi connectivity index (χ2v) is 4.14. The highest BCUT2D eigenvalue weighted by atomic mass is 35.5. The fraction of sp³-hybridized carbons (Fsp3) is 0.455. The summed E-state index contributed by atoms with van der Waals surface area (Å²) in [5.74, 6) is -0.395. The second kappa shape index (κ2) is 7.09. The largest absolute Gasteiger partial charge is 0.383 e. The van der Waals surface area contributed by atoms with Crippen LogP contribution >= 0.6 is 11.6 Å². The maximum atomic E-state index is 11.6. The molecule has 1 amide bonds. The van der Waals surface area contributed by atoms with Crippen LogP contribution in [0.4, 0.5) is 0 Å². The maximum Gasteiger partial charge on any atom is 0.256 e. The Kier molecular flexibility index (Phi) is 5.72. The van der Waals surface area contributed by atoms with E-state index < -0.39 is 5.91 Å². The Labute approximate surface area is 104 Å². The lowest BCUT2D eigenvalue weighted by molar-refractivity contribution is 0.0950. The number of nitrogens with one attached hydrogen (secondary N) is 2. The van der Waals surface area contributed by atoms with E-state index in [1.54, 1.807) is 7.11 Å². The van der Waals surface area contributed by atoms with Gasteiger partial charge < -0.3 is 15.0 Å². The molecule has 1 heterocycles. The molecular formula is C11H15ClN2O3. The van der Waals surface area contributed by atoms with Crippen LogP contribution in [0.1, 0.15) is 16.8 Å². The molecule has 0 bridgehead atoms. The first-order chi connectivity index (χ1) is 8.15. The van der Waals surface area contributed by atoms with Crippen molar-refractivity contribution >= 4 is 17.5 Å². The predicted molar refractivity (Wildman–Crippen MR) is 65.5 cm³/mol. The van der Waals surface area contributed by atoms with Gasteiger partial charge in [0.15, 0.2) is 5.43 Å². The number of pyridine rings is 1. The van der Waals surface area contributed by atoms with Gasteiger partial charge in [0.05, 0.1) is 12.0 Å². The van der Waals surface area contributed by atoms with Gasteiger partial charge in [0.25, 0.3) is 5.91 Å². The quantitative estimate of drug-likeness (QED) is 0.740. The van der Waals surface area contributed by atoms with Gasteiger partial charge in [-0.2, -0.15) is 0 Å². The van der Waals surface area contributed by atoms with E-state index in [1.165, 1.54) is 18.5 Å². The molecule has 0 saturated heterocycles. The third-order valence-corrected chi connectivity index (χ3v) is 2.50. The summed E-state index contributed by atoms with van der Waals surface area (Å²) in [6, 6.07) is 1.31. The fourth-order valence-corrected chi connectivity index (χ4v) is 1.53. The molecule has 1 unspecified atom stereocenters. The van der Waals surface area contributed by atoms with Gasteiger partial charge in [0, 0.05) is 32.1 Å². The molecule has 0 saturated carbocycles. The van der Waals surface area contributed by atoms with Crippen molar-refractivity contribution in [2.24, 2.45) is 0 Å². The first-order valence-corrected chi connectivity index (χ1v) is 5.67. The van der Waals surface area contributed by atoms with E-state index in [-0.39, 0.29) is 16.4 Å². The van der Waals surface area contributed by atoms with Crippen LogP contribution in [0.2, 0.25) is 0 Å². The standard InChI is InChI=1S/C11H15ClN2O3/c1-17-7-8(12)2-5-14-11(16)9-6-13-4-3-10(9)15/h3-4,6,8H,2,5,7H2,1H3,(H,13,15)(H,14,16). The number of carbonyl (C=O) groups is 1. The van der Waals surface area contributed by atoms with E-state index in [2.05, 4.69) is 10.3 Å². The Morgan fingerprint density at radius 2 is 2.41 bits per heavy atom. The molecule has 2 N–H and O–H groups in total. The van der Waals surface area contributed by atoms with E-state index in [1.807, 2.05) is 0 Å². The monoisotopic (exact) mass is 258 g/mol. The maximum absolute atomic E-state index is 11.6. The van der Waals surface area contributed by atoms with Crippen LogP contribution in [0.15, 0.2) is 23.3 Å². The minimum absolute atomic E-state index is 0.102. The summed E-state index contributed by atoms with van der Waals surface area (Å²) in [7, 11) is 1.57. The van der Waals surface area contributed by atoms with Crippen LogP contribution in [-0.2, 0) is 4.74 Å². The minimum atomic E-state index is -0.395. The lowest BCUT2D eigenvalue weighted by Gasteiger charge is -2.08. The van der Waals surface area contributed by atoms with Gasteiger partial charge in [-0.05, 0) is 6.42 Å².